The number of carbonyl (C=O) groups is 1. The van der Waals surface area contributed by atoms with E-state index < -0.39 is 0 Å². The fraction of sp³-hybridized carbons (Fsp3) is 0.429. The monoisotopic (exact) mass is 354 g/mol. The van der Waals surface area contributed by atoms with Crippen LogP contribution in [0.1, 0.15) is 6.42 Å². The lowest BCUT2D eigenvalue weighted by atomic mass is 10.4. The van der Waals surface area contributed by atoms with Crippen LogP contribution in [-0.4, -0.2) is 40.3 Å². The molecule has 2 heterocycles. The van der Waals surface area contributed by atoms with Gasteiger partial charge in [-0.3, -0.25) is 14.2 Å². The maximum Gasteiger partial charge on any atom is 0.273 e. The van der Waals surface area contributed by atoms with E-state index in [0.717, 1.165) is 6.42 Å². The van der Waals surface area contributed by atoms with E-state index >= 15 is 0 Å². The molecule has 124 valence electrons. The van der Waals surface area contributed by atoms with Crippen LogP contribution in [0.3, 0.4) is 0 Å². The molecule has 0 fully saturated rings. The molecule has 23 heavy (non-hydrogen) atoms. The highest BCUT2D eigenvalue weighted by Crippen LogP contribution is 2.17. The number of aromatic nitrogens is 3. The Morgan fingerprint density at radius 3 is 3.09 bits per heavy atom. The van der Waals surface area contributed by atoms with E-state index in [9.17, 15) is 9.59 Å². The zero-order chi connectivity index (χ0) is 16.8. The van der Waals surface area contributed by atoms with Gasteiger partial charge in [-0.05, 0) is 18.6 Å². The Balaban J connectivity index is 2.18. The van der Waals surface area contributed by atoms with Gasteiger partial charge >= 0.3 is 0 Å². The SMILES string of the molecule is C=CCn1c(=S)sc2c(=O)n(CC(=O)NCCCOC)cnc21. The number of hydrogen-bond donors (Lipinski definition) is 1. The molecule has 0 bridgehead atoms. The van der Waals surface area contributed by atoms with Gasteiger partial charge in [0, 0.05) is 26.8 Å². The molecule has 7 nitrogen and oxygen atoms in total. The molecule has 1 amide bonds. The van der Waals surface area contributed by atoms with Crippen LogP contribution in [0.4, 0.5) is 0 Å². The summed E-state index contributed by atoms with van der Waals surface area (Å²) in [7, 11) is 1.61. The van der Waals surface area contributed by atoms with Gasteiger partial charge in [-0.1, -0.05) is 17.4 Å². The quantitative estimate of drug-likeness (QED) is 0.440. The molecular formula is C14H18N4O3S2. The fourth-order valence-corrected chi connectivity index (χ4v) is 3.35. The lowest BCUT2D eigenvalue weighted by Crippen LogP contribution is -2.33. The standard InChI is InChI=1S/C14H18N4O3S2/c1-3-6-18-12-11(23-14(18)22)13(20)17(9-16-12)8-10(19)15-5-4-7-21-2/h3,9H,1,4-8H2,2H3,(H,15,19). The zero-order valence-electron chi connectivity index (χ0n) is 12.8. The Labute approximate surface area is 142 Å². The molecule has 9 heteroatoms. The topological polar surface area (TPSA) is 78.2 Å². The summed E-state index contributed by atoms with van der Waals surface area (Å²) in [6.07, 6.45) is 3.79. The van der Waals surface area contributed by atoms with Crippen molar-refractivity contribution in [1.82, 2.24) is 19.4 Å². The van der Waals surface area contributed by atoms with Crippen LogP contribution in [0, 0.1) is 3.95 Å². The number of carbonyl (C=O) groups excluding carboxylic acids is 1. The van der Waals surface area contributed by atoms with Crippen LogP contribution in [0.5, 0.6) is 0 Å². The molecule has 0 atom stereocenters. The second kappa shape index (κ2) is 8.14. The van der Waals surface area contributed by atoms with Gasteiger partial charge in [0.1, 0.15) is 17.6 Å². The molecule has 0 aliphatic heterocycles. The number of amides is 1. The first-order chi connectivity index (χ1) is 11.1. The summed E-state index contributed by atoms with van der Waals surface area (Å²) in [5, 5.41) is 2.74. The summed E-state index contributed by atoms with van der Waals surface area (Å²) in [5.74, 6) is -0.238. The minimum Gasteiger partial charge on any atom is -0.385 e. The Morgan fingerprint density at radius 2 is 2.39 bits per heavy atom. The number of nitrogens with zero attached hydrogens (tertiary/aromatic N) is 3. The molecular weight excluding hydrogens is 336 g/mol. The Bertz CT molecular complexity index is 822. The normalized spacial score (nSPS) is 10.8. The van der Waals surface area contributed by atoms with Crippen molar-refractivity contribution < 1.29 is 9.53 Å². The number of ether oxygens (including phenoxy) is 1. The number of rotatable bonds is 8. The number of thiazole rings is 1. The lowest BCUT2D eigenvalue weighted by Gasteiger charge is -2.07. The number of methoxy groups -OCH3 is 1. The number of hydrogen-bond acceptors (Lipinski definition) is 6. The highest BCUT2D eigenvalue weighted by atomic mass is 32.1. The average Bonchev–Trinajstić information content (AvgIpc) is 2.84. The highest BCUT2D eigenvalue weighted by Gasteiger charge is 2.13. The van der Waals surface area contributed by atoms with E-state index in [1.807, 2.05) is 0 Å². The summed E-state index contributed by atoms with van der Waals surface area (Å²) in [6, 6.07) is 0. The molecule has 2 rings (SSSR count). The number of allylic oxidation sites excluding steroid dienone is 1. The predicted molar refractivity (Wildman–Crippen MR) is 92.4 cm³/mol. The van der Waals surface area contributed by atoms with E-state index in [-0.39, 0.29) is 18.0 Å². The first kappa shape index (κ1) is 17.5. The van der Waals surface area contributed by atoms with Crippen molar-refractivity contribution >= 4 is 39.8 Å². The molecule has 0 aliphatic rings. The first-order valence-corrected chi connectivity index (χ1v) is 8.26. The van der Waals surface area contributed by atoms with Gasteiger partial charge in [0.15, 0.2) is 9.60 Å². The largest absolute Gasteiger partial charge is 0.385 e. The first-order valence-electron chi connectivity index (χ1n) is 7.03. The highest BCUT2D eigenvalue weighted by molar-refractivity contribution is 7.73. The molecule has 1 N–H and O–H groups in total. The van der Waals surface area contributed by atoms with Crippen LogP contribution in [0.25, 0.3) is 10.3 Å². The van der Waals surface area contributed by atoms with Gasteiger partial charge in [0.05, 0.1) is 0 Å². The Morgan fingerprint density at radius 1 is 1.61 bits per heavy atom. The minimum absolute atomic E-state index is 0.0686. The smallest absolute Gasteiger partial charge is 0.273 e. The van der Waals surface area contributed by atoms with Gasteiger partial charge < -0.3 is 14.6 Å². The van der Waals surface area contributed by atoms with E-state index in [1.54, 1.807) is 17.8 Å². The van der Waals surface area contributed by atoms with Crippen LogP contribution in [-0.2, 0) is 22.6 Å². The fourth-order valence-electron chi connectivity index (χ4n) is 2.03. The third kappa shape index (κ3) is 4.12. The van der Waals surface area contributed by atoms with Crippen molar-refractivity contribution in [2.75, 3.05) is 20.3 Å². The summed E-state index contributed by atoms with van der Waals surface area (Å²) >= 11 is 6.44. The summed E-state index contributed by atoms with van der Waals surface area (Å²) < 4.78 is 8.96. The maximum absolute atomic E-state index is 12.5. The van der Waals surface area contributed by atoms with Gasteiger partial charge in [-0.25, -0.2) is 4.98 Å². The molecule has 2 aromatic rings. The molecule has 0 unspecified atom stereocenters. The third-order valence-corrected chi connectivity index (χ3v) is 4.54. The molecule has 0 spiro atoms. The number of nitrogens with one attached hydrogen (secondary N) is 1. The number of fused-ring (bicyclic) bond motifs is 1. The van der Waals surface area contributed by atoms with Crippen LogP contribution < -0.4 is 10.9 Å². The van der Waals surface area contributed by atoms with E-state index in [0.29, 0.717) is 34.0 Å². The second-order valence-corrected chi connectivity index (χ2v) is 6.44. The van der Waals surface area contributed by atoms with Crippen molar-refractivity contribution in [3.63, 3.8) is 0 Å². The van der Waals surface area contributed by atoms with Gasteiger partial charge in [0.25, 0.3) is 5.56 Å². The molecule has 2 aromatic heterocycles. The maximum atomic E-state index is 12.5. The Kier molecular flexibility index (Phi) is 6.20. The molecule has 0 radical (unpaired) electrons. The summed E-state index contributed by atoms with van der Waals surface area (Å²) in [6.45, 7) is 5.18. The molecule has 0 saturated heterocycles. The van der Waals surface area contributed by atoms with Crippen LogP contribution >= 0.6 is 23.6 Å². The van der Waals surface area contributed by atoms with Crippen molar-refractivity contribution in [1.29, 1.82) is 0 Å². The van der Waals surface area contributed by atoms with Crippen LogP contribution in [0.2, 0.25) is 0 Å². The van der Waals surface area contributed by atoms with Gasteiger partial charge in [-0.2, -0.15) is 0 Å². The molecule has 0 aromatic carbocycles. The molecule has 0 aliphatic carbocycles. The summed E-state index contributed by atoms with van der Waals surface area (Å²) in [4.78, 5) is 28.6. The minimum atomic E-state index is -0.263. The zero-order valence-corrected chi connectivity index (χ0v) is 14.4. The summed E-state index contributed by atoms with van der Waals surface area (Å²) in [5.41, 5.74) is 0.266. The third-order valence-electron chi connectivity index (χ3n) is 3.12. The van der Waals surface area contributed by atoms with E-state index in [1.165, 1.54) is 22.2 Å². The Hall–Kier alpha value is -1.84. The van der Waals surface area contributed by atoms with E-state index in [2.05, 4.69) is 16.9 Å². The van der Waals surface area contributed by atoms with Crippen LogP contribution in [0.15, 0.2) is 23.8 Å². The molecule has 0 saturated carbocycles. The average molecular weight is 354 g/mol. The van der Waals surface area contributed by atoms with E-state index in [4.69, 9.17) is 17.0 Å². The van der Waals surface area contributed by atoms with Crippen molar-refractivity contribution in [2.45, 2.75) is 19.5 Å². The van der Waals surface area contributed by atoms with Crippen molar-refractivity contribution in [2.24, 2.45) is 0 Å². The van der Waals surface area contributed by atoms with Gasteiger partial charge in [-0.15, -0.1) is 6.58 Å². The van der Waals surface area contributed by atoms with Gasteiger partial charge in [0.2, 0.25) is 5.91 Å². The second-order valence-electron chi connectivity index (χ2n) is 4.79. The predicted octanol–water partition coefficient (Wildman–Crippen LogP) is 1.33. The van der Waals surface area contributed by atoms with Crippen molar-refractivity contribution in [3.8, 4) is 0 Å². The lowest BCUT2D eigenvalue weighted by molar-refractivity contribution is -0.121. The van der Waals surface area contributed by atoms with Crippen molar-refractivity contribution in [3.05, 3.63) is 33.3 Å².